The van der Waals surface area contributed by atoms with E-state index in [1.165, 1.54) is 12.1 Å². The zero-order chi connectivity index (χ0) is 17.6. The summed E-state index contributed by atoms with van der Waals surface area (Å²) in [7, 11) is 0. The van der Waals surface area contributed by atoms with Gasteiger partial charge in [-0.15, -0.1) is 0 Å². The van der Waals surface area contributed by atoms with Crippen LogP contribution in [0, 0.1) is 5.82 Å². The fraction of sp³-hybridized carbons (Fsp3) is 0.222. The van der Waals surface area contributed by atoms with Crippen molar-refractivity contribution < 1.29 is 28.2 Å². The maximum absolute atomic E-state index is 13.4. The third-order valence-electron chi connectivity index (χ3n) is 3.50. The molecule has 0 saturated heterocycles. The lowest BCUT2D eigenvalue weighted by atomic mass is 10.1. The highest BCUT2D eigenvalue weighted by Crippen LogP contribution is 2.29. The minimum absolute atomic E-state index is 0.00717. The van der Waals surface area contributed by atoms with E-state index in [9.17, 15) is 14.0 Å². The first kappa shape index (κ1) is 16.8. The molecule has 2 aromatic carbocycles. The number of halogens is 1. The molecule has 130 valence electrons. The van der Waals surface area contributed by atoms with Gasteiger partial charge in [-0.25, -0.2) is 4.39 Å². The van der Waals surface area contributed by atoms with E-state index in [4.69, 9.17) is 14.2 Å². The molecule has 1 heterocycles. The molecule has 1 atom stereocenters. The summed E-state index contributed by atoms with van der Waals surface area (Å²) in [5, 5.41) is 2.67. The van der Waals surface area contributed by atoms with E-state index < -0.39 is 23.8 Å². The summed E-state index contributed by atoms with van der Waals surface area (Å²) in [6.07, 6.45) is -1.17. The minimum Gasteiger partial charge on any atom is -0.487 e. The van der Waals surface area contributed by atoms with Crippen LogP contribution in [0.5, 0.6) is 11.5 Å². The number of para-hydroxylation sites is 3. The lowest BCUT2D eigenvalue weighted by Gasteiger charge is -2.25. The van der Waals surface area contributed by atoms with Crippen molar-refractivity contribution in [3.8, 4) is 11.5 Å². The summed E-state index contributed by atoms with van der Waals surface area (Å²) in [6.45, 7) is -0.0503. The summed E-state index contributed by atoms with van der Waals surface area (Å²) >= 11 is 0. The Morgan fingerprint density at radius 2 is 1.88 bits per heavy atom. The molecular formula is C18H16FNO5. The number of fused-ring (bicyclic) bond motifs is 1. The molecule has 25 heavy (non-hydrogen) atoms. The van der Waals surface area contributed by atoms with E-state index in [1.54, 1.807) is 36.4 Å². The second kappa shape index (κ2) is 7.65. The van der Waals surface area contributed by atoms with Crippen molar-refractivity contribution in [1.29, 1.82) is 0 Å². The van der Waals surface area contributed by atoms with Gasteiger partial charge in [-0.1, -0.05) is 24.3 Å². The third-order valence-corrected chi connectivity index (χ3v) is 3.50. The van der Waals surface area contributed by atoms with Gasteiger partial charge in [0.1, 0.15) is 19.0 Å². The van der Waals surface area contributed by atoms with Gasteiger partial charge >= 0.3 is 5.97 Å². The molecule has 0 aromatic heterocycles. The number of benzene rings is 2. The van der Waals surface area contributed by atoms with E-state index in [-0.39, 0.29) is 25.4 Å². The van der Waals surface area contributed by atoms with Crippen molar-refractivity contribution in [3.05, 3.63) is 54.3 Å². The molecule has 0 saturated carbocycles. The smallest absolute Gasteiger partial charge is 0.310 e. The van der Waals surface area contributed by atoms with Gasteiger partial charge in [0.15, 0.2) is 17.7 Å². The zero-order valence-electron chi connectivity index (χ0n) is 13.2. The van der Waals surface area contributed by atoms with Crippen LogP contribution in [-0.4, -0.2) is 31.2 Å². The van der Waals surface area contributed by atoms with Crippen molar-refractivity contribution in [2.24, 2.45) is 0 Å². The van der Waals surface area contributed by atoms with Gasteiger partial charge in [0.05, 0.1) is 12.1 Å². The quantitative estimate of drug-likeness (QED) is 0.643. The van der Waals surface area contributed by atoms with Gasteiger partial charge in [0.2, 0.25) is 0 Å². The van der Waals surface area contributed by atoms with Crippen LogP contribution in [0.3, 0.4) is 0 Å². The monoisotopic (exact) mass is 345 g/mol. The topological polar surface area (TPSA) is 73.9 Å². The summed E-state index contributed by atoms with van der Waals surface area (Å²) in [6, 6.07) is 12.9. The number of ether oxygens (including phenoxy) is 3. The Morgan fingerprint density at radius 3 is 2.72 bits per heavy atom. The second-order valence-electron chi connectivity index (χ2n) is 5.30. The second-order valence-corrected chi connectivity index (χ2v) is 5.30. The lowest BCUT2D eigenvalue weighted by molar-refractivity contribution is -0.148. The summed E-state index contributed by atoms with van der Waals surface area (Å²) in [5.74, 6) is -0.900. The van der Waals surface area contributed by atoms with Gasteiger partial charge in [0.25, 0.3) is 5.91 Å². The molecule has 0 fully saturated rings. The van der Waals surface area contributed by atoms with Crippen molar-refractivity contribution >= 4 is 17.6 Å². The van der Waals surface area contributed by atoms with Crippen LogP contribution in [0.25, 0.3) is 0 Å². The van der Waals surface area contributed by atoms with E-state index in [2.05, 4.69) is 5.32 Å². The highest BCUT2D eigenvalue weighted by molar-refractivity contribution is 5.99. The predicted octanol–water partition coefficient (Wildman–Crippen LogP) is 2.54. The number of nitrogens with one attached hydrogen (secondary N) is 1. The molecule has 1 N–H and O–H groups in total. The van der Waals surface area contributed by atoms with Crippen molar-refractivity contribution in [1.82, 2.24) is 0 Å². The van der Waals surface area contributed by atoms with E-state index in [1.807, 2.05) is 0 Å². The molecular weight excluding hydrogens is 329 g/mol. The molecule has 3 rings (SSSR count). The third kappa shape index (κ3) is 4.26. The van der Waals surface area contributed by atoms with Crippen LogP contribution < -0.4 is 14.8 Å². The van der Waals surface area contributed by atoms with E-state index >= 15 is 0 Å². The Balaban J connectivity index is 1.44. The number of carbonyl (C=O) groups excluding carboxylic acids is 2. The van der Waals surface area contributed by atoms with Gasteiger partial charge in [-0.3, -0.25) is 9.59 Å². The molecule has 1 aliphatic rings. The molecule has 0 spiro atoms. The summed E-state index contributed by atoms with van der Waals surface area (Å²) in [4.78, 5) is 23.8. The maximum atomic E-state index is 13.4. The van der Waals surface area contributed by atoms with Crippen LogP contribution in [-0.2, 0) is 14.3 Å². The first-order chi connectivity index (χ1) is 12.1. The van der Waals surface area contributed by atoms with Crippen LogP contribution in [0.2, 0.25) is 0 Å². The fourth-order valence-corrected chi connectivity index (χ4v) is 2.31. The van der Waals surface area contributed by atoms with Crippen molar-refractivity contribution in [2.45, 2.75) is 12.5 Å². The largest absolute Gasteiger partial charge is 0.487 e. The highest BCUT2D eigenvalue weighted by atomic mass is 19.1. The molecule has 2 aromatic rings. The Kier molecular flexibility index (Phi) is 5.13. The standard InChI is InChI=1S/C18H16FNO5/c19-12-5-1-3-7-14(12)23-9-10-24-17(21)11-16-18(22)20-13-6-2-4-8-15(13)25-16/h1-8,16H,9-11H2,(H,20,22). The van der Waals surface area contributed by atoms with Crippen LogP contribution in [0.15, 0.2) is 48.5 Å². The van der Waals surface area contributed by atoms with Gasteiger partial charge < -0.3 is 19.5 Å². The Morgan fingerprint density at radius 1 is 1.12 bits per heavy atom. The molecule has 0 radical (unpaired) electrons. The fourth-order valence-electron chi connectivity index (χ4n) is 2.31. The lowest BCUT2D eigenvalue weighted by Crippen LogP contribution is -2.39. The Bertz CT molecular complexity index is 780. The van der Waals surface area contributed by atoms with Gasteiger partial charge in [0, 0.05) is 0 Å². The number of rotatable bonds is 6. The number of amides is 1. The van der Waals surface area contributed by atoms with Crippen molar-refractivity contribution in [2.75, 3.05) is 18.5 Å². The normalized spacial score (nSPS) is 15.6. The van der Waals surface area contributed by atoms with Gasteiger partial charge in [-0.2, -0.15) is 0 Å². The average Bonchev–Trinajstić information content (AvgIpc) is 2.61. The summed E-state index contributed by atoms with van der Waals surface area (Å²) < 4.78 is 29.0. The number of esters is 1. The van der Waals surface area contributed by atoms with Crippen LogP contribution in [0.4, 0.5) is 10.1 Å². The highest BCUT2D eigenvalue weighted by Gasteiger charge is 2.30. The van der Waals surface area contributed by atoms with Gasteiger partial charge in [-0.05, 0) is 24.3 Å². The van der Waals surface area contributed by atoms with E-state index in [0.29, 0.717) is 11.4 Å². The Hall–Kier alpha value is -3.09. The minimum atomic E-state index is -0.949. The maximum Gasteiger partial charge on any atom is 0.310 e. The van der Waals surface area contributed by atoms with Crippen LogP contribution in [0.1, 0.15) is 6.42 Å². The molecule has 7 heteroatoms. The average molecular weight is 345 g/mol. The van der Waals surface area contributed by atoms with Crippen molar-refractivity contribution in [3.63, 3.8) is 0 Å². The number of anilines is 1. The molecule has 0 bridgehead atoms. The molecule has 1 aliphatic heterocycles. The number of carbonyl (C=O) groups is 2. The Labute approximate surface area is 143 Å². The zero-order valence-corrected chi connectivity index (χ0v) is 13.2. The summed E-state index contributed by atoms with van der Waals surface area (Å²) in [5.41, 5.74) is 0.565. The molecule has 0 aliphatic carbocycles. The first-order valence-electron chi connectivity index (χ1n) is 7.73. The number of hydrogen-bond donors (Lipinski definition) is 1. The molecule has 1 amide bonds. The van der Waals surface area contributed by atoms with E-state index in [0.717, 1.165) is 0 Å². The first-order valence-corrected chi connectivity index (χ1v) is 7.73. The molecule has 1 unspecified atom stereocenters. The predicted molar refractivity (Wildman–Crippen MR) is 87.0 cm³/mol. The van der Waals surface area contributed by atoms with Crippen LogP contribution >= 0.6 is 0 Å². The SMILES string of the molecule is O=C(CC1Oc2ccccc2NC1=O)OCCOc1ccccc1F. The molecule has 6 nitrogen and oxygen atoms in total. The number of hydrogen-bond acceptors (Lipinski definition) is 5.